The number of hydrogen-bond donors (Lipinski definition) is 0. The molecule has 0 heterocycles. The van der Waals surface area contributed by atoms with Gasteiger partial charge >= 0.3 is 0 Å². The summed E-state index contributed by atoms with van der Waals surface area (Å²) < 4.78 is 0. The quantitative estimate of drug-likeness (QED) is 0.150. The predicted molar refractivity (Wildman–Crippen MR) is 246 cm³/mol. The molecular formula is C57H43N. The zero-order chi connectivity index (χ0) is 39.1. The molecule has 9 aromatic rings. The third-order valence-corrected chi connectivity index (χ3v) is 11.9. The summed E-state index contributed by atoms with van der Waals surface area (Å²) in [5.74, 6) is 0. The minimum absolute atomic E-state index is 0.142. The maximum absolute atomic E-state index is 2.48. The molecule has 0 saturated heterocycles. The van der Waals surface area contributed by atoms with Gasteiger partial charge in [-0.3, -0.25) is 0 Å². The third-order valence-electron chi connectivity index (χ3n) is 11.9. The van der Waals surface area contributed by atoms with Gasteiger partial charge in [-0.15, -0.1) is 0 Å². The average Bonchev–Trinajstić information content (AvgIpc) is 3.53. The molecule has 9 aromatic carbocycles. The van der Waals surface area contributed by atoms with Crippen molar-refractivity contribution in [2.75, 3.05) is 4.90 Å². The first-order chi connectivity index (χ1) is 28.5. The lowest BCUT2D eigenvalue weighted by Gasteiger charge is -2.31. The monoisotopic (exact) mass is 741 g/mol. The fraction of sp³-hybridized carbons (Fsp3) is 0.0526. The Balaban J connectivity index is 1.22. The van der Waals surface area contributed by atoms with Crippen LogP contribution in [0.25, 0.3) is 66.8 Å². The van der Waals surface area contributed by atoms with Crippen LogP contribution in [0.2, 0.25) is 0 Å². The van der Waals surface area contributed by atoms with Crippen molar-refractivity contribution in [1.82, 2.24) is 0 Å². The fourth-order valence-electron chi connectivity index (χ4n) is 8.94. The highest BCUT2D eigenvalue weighted by atomic mass is 15.1. The van der Waals surface area contributed by atoms with Crippen molar-refractivity contribution in [2.24, 2.45) is 0 Å². The van der Waals surface area contributed by atoms with Crippen LogP contribution < -0.4 is 4.90 Å². The minimum Gasteiger partial charge on any atom is -0.310 e. The van der Waals surface area contributed by atoms with Crippen LogP contribution in [0.5, 0.6) is 0 Å². The second-order valence-corrected chi connectivity index (χ2v) is 15.7. The molecule has 0 atom stereocenters. The summed E-state index contributed by atoms with van der Waals surface area (Å²) in [5.41, 5.74) is 20.4. The lowest BCUT2D eigenvalue weighted by atomic mass is 9.82. The number of rotatable bonds is 8. The highest BCUT2D eigenvalue weighted by molar-refractivity contribution is 5.98. The van der Waals surface area contributed by atoms with E-state index >= 15 is 0 Å². The molecule has 1 aliphatic carbocycles. The normalized spacial score (nSPS) is 12.4. The van der Waals surface area contributed by atoms with Gasteiger partial charge < -0.3 is 4.90 Å². The van der Waals surface area contributed by atoms with Gasteiger partial charge in [0.25, 0.3) is 0 Å². The first-order valence-corrected chi connectivity index (χ1v) is 20.2. The highest BCUT2D eigenvalue weighted by Crippen LogP contribution is 2.52. The van der Waals surface area contributed by atoms with E-state index in [0.29, 0.717) is 0 Å². The maximum Gasteiger partial charge on any atom is 0.0546 e. The van der Waals surface area contributed by atoms with Crippen LogP contribution >= 0.6 is 0 Å². The van der Waals surface area contributed by atoms with E-state index in [4.69, 9.17) is 0 Å². The van der Waals surface area contributed by atoms with Crippen LogP contribution in [0.15, 0.2) is 224 Å². The molecule has 0 amide bonds. The Morgan fingerprint density at radius 2 is 0.741 bits per heavy atom. The van der Waals surface area contributed by atoms with Gasteiger partial charge in [-0.05, 0) is 115 Å². The number of hydrogen-bond acceptors (Lipinski definition) is 1. The average molecular weight is 742 g/mol. The van der Waals surface area contributed by atoms with Gasteiger partial charge in [0.2, 0.25) is 0 Å². The largest absolute Gasteiger partial charge is 0.310 e. The lowest BCUT2D eigenvalue weighted by molar-refractivity contribution is 0.660. The number of fused-ring (bicyclic) bond motifs is 3. The topological polar surface area (TPSA) is 3.24 Å². The zero-order valence-corrected chi connectivity index (χ0v) is 32.8. The Hall–Kier alpha value is -7.22. The molecule has 1 nitrogen and oxygen atoms in total. The molecule has 276 valence electrons. The van der Waals surface area contributed by atoms with E-state index in [1.807, 2.05) is 0 Å². The summed E-state index contributed by atoms with van der Waals surface area (Å²) in [5, 5.41) is 0. The smallest absolute Gasteiger partial charge is 0.0546 e. The molecule has 0 radical (unpaired) electrons. The van der Waals surface area contributed by atoms with Crippen LogP contribution in [-0.2, 0) is 5.41 Å². The third kappa shape index (κ3) is 6.32. The minimum atomic E-state index is -0.142. The van der Waals surface area contributed by atoms with Crippen LogP contribution in [0, 0.1) is 0 Å². The fourth-order valence-corrected chi connectivity index (χ4v) is 8.94. The maximum atomic E-state index is 2.48. The van der Waals surface area contributed by atoms with E-state index in [2.05, 4.69) is 243 Å². The Morgan fingerprint density at radius 1 is 0.293 bits per heavy atom. The summed E-state index contributed by atoms with van der Waals surface area (Å²) in [6.45, 7) is 4.72. The van der Waals surface area contributed by atoms with Gasteiger partial charge in [-0.2, -0.15) is 0 Å². The molecule has 1 aliphatic rings. The molecule has 0 unspecified atom stereocenters. The van der Waals surface area contributed by atoms with Crippen molar-refractivity contribution in [3.8, 4) is 66.8 Å². The molecular weight excluding hydrogens is 699 g/mol. The molecule has 0 fully saturated rings. The molecule has 1 heteroatoms. The molecule has 58 heavy (non-hydrogen) atoms. The van der Waals surface area contributed by atoms with Crippen molar-refractivity contribution >= 4 is 17.1 Å². The molecule has 0 bridgehead atoms. The van der Waals surface area contributed by atoms with Gasteiger partial charge in [0.05, 0.1) is 5.69 Å². The first kappa shape index (κ1) is 35.2. The standard InChI is InChI=1S/C57H43N/c1-57(2)53-29-13-12-27-51(53)52-36-35-49(39-54(52)57)58(48-33-31-43(32-34-48)40-17-6-3-7-18-40)55-30-16-28-50(46-25-14-23-44(37-46)41-19-8-4-9-20-41)56(55)47-26-15-24-45(38-47)42-21-10-5-11-22-42/h3-39H,1-2H3. The summed E-state index contributed by atoms with van der Waals surface area (Å²) in [4.78, 5) is 2.48. The van der Waals surface area contributed by atoms with Crippen molar-refractivity contribution in [1.29, 1.82) is 0 Å². The van der Waals surface area contributed by atoms with E-state index < -0.39 is 0 Å². The van der Waals surface area contributed by atoms with Crippen LogP contribution in [0.1, 0.15) is 25.0 Å². The van der Waals surface area contributed by atoms with Gasteiger partial charge in [0, 0.05) is 22.4 Å². The Bertz CT molecular complexity index is 2890. The molecule has 0 aromatic heterocycles. The number of anilines is 3. The van der Waals surface area contributed by atoms with Gasteiger partial charge in [-0.1, -0.05) is 196 Å². The van der Waals surface area contributed by atoms with E-state index in [-0.39, 0.29) is 5.41 Å². The number of benzene rings is 9. The number of nitrogens with zero attached hydrogens (tertiary/aromatic N) is 1. The Kier molecular flexibility index (Phi) is 8.92. The molecule has 10 rings (SSSR count). The molecule has 0 saturated carbocycles. The van der Waals surface area contributed by atoms with Gasteiger partial charge in [-0.25, -0.2) is 0 Å². The second-order valence-electron chi connectivity index (χ2n) is 15.7. The summed E-state index contributed by atoms with van der Waals surface area (Å²) in [7, 11) is 0. The molecule has 0 aliphatic heterocycles. The first-order valence-electron chi connectivity index (χ1n) is 20.2. The van der Waals surface area contributed by atoms with Crippen LogP contribution in [0.3, 0.4) is 0 Å². The molecule has 0 N–H and O–H groups in total. The molecule has 0 spiro atoms. The van der Waals surface area contributed by atoms with E-state index in [1.54, 1.807) is 0 Å². The lowest BCUT2D eigenvalue weighted by Crippen LogP contribution is -2.17. The van der Waals surface area contributed by atoms with Gasteiger partial charge in [0.15, 0.2) is 0 Å². The predicted octanol–water partition coefficient (Wildman–Crippen LogP) is 15.8. The summed E-state index contributed by atoms with van der Waals surface area (Å²) in [6, 6.07) is 81.9. The second kappa shape index (κ2) is 14.7. The van der Waals surface area contributed by atoms with Crippen molar-refractivity contribution < 1.29 is 0 Å². The summed E-state index contributed by atoms with van der Waals surface area (Å²) >= 11 is 0. The van der Waals surface area contributed by atoms with Crippen LogP contribution in [-0.4, -0.2) is 0 Å². The Labute approximate surface area is 342 Å². The zero-order valence-electron chi connectivity index (χ0n) is 32.8. The van der Waals surface area contributed by atoms with Crippen LogP contribution in [0.4, 0.5) is 17.1 Å². The van der Waals surface area contributed by atoms with Crippen molar-refractivity contribution in [2.45, 2.75) is 19.3 Å². The highest BCUT2D eigenvalue weighted by Gasteiger charge is 2.36. The van der Waals surface area contributed by atoms with Crippen molar-refractivity contribution in [3.63, 3.8) is 0 Å². The van der Waals surface area contributed by atoms with Gasteiger partial charge in [0.1, 0.15) is 0 Å². The Morgan fingerprint density at radius 3 is 1.40 bits per heavy atom. The van der Waals surface area contributed by atoms with Crippen molar-refractivity contribution in [3.05, 3.63) is 236 Å². The summed E-state index contributed by atoms with van der Waals surface area (Å²) in [6.07, 6.45) is 0. The van der Waals surface area contributed by atoms with E-state index in [1.165, 1.54) is 72.3 Å². The van der Waals surface area contributed by atoms with E-state index in [0.717, 1.165) is 22.6 Å². The SMILES string of the molecule is CC1(C)c2ccccc2-c2ccc(N(c3ccc(-c4ccccc4)cc3)c3cccc(-c4cccc(-c5ccccc5)c4)c3-c3cccc(-c4ccccc4)c3)cc21. The van der Waals surface area contributed by atoms with E-state index in [9.17, 15) is 0 Å².